The zero-order valence-electron chi connectivity index (χ0n) is 24.6. The van der Waals surface area contributed by atoms with E-state index in [1.165, 1.54) is 12.1 Å². The number of rotatable bonds is 4. The molecule has 8 heteroatoms. The fourth-order valence-electron chi connectivity index (χ4n) is 10.8. The average Bonchev–Trinajstić information content (AvgIpc) is 3.42. The molecule has 2 bridgehead atoms. The largest absolute Gasteiger partial charge is 0.440 e. The molecule has 226 valence electrons. The Balaban J connectivity index is 1.39. The van der Waals surface area contributed by atoms with Crippen molar-refractivity contribution in [1.82, 2.24) is 4.90 Å². The summed E-state index contributed by atoms with van der Waals surface area (Å²) in [6.45, 7) is 7.74. The van der Waals surface area contributed by atoms with Crippen molar-refractivity contribution >= 4 is 11.9 Å². The van der Waals surface area contributed by atoms with E-state index in [-0.39, 0.29) is 34.7 Å². The minimum absolute atomic E-state index is 0.0163. The van der Waals surface area contributed by atoms with Crippen molar-refractivity contribution in [2.24, 2.45) is 33.5 Å². The van der Waals surface area contributed by atoms with Gasteiger partial charge in [0.25, 0.3) is 0 Å². The molecule has 1 aromatic carbocycles. The number of aliphatic hydroxyl groups is 1. The Morgan fingerprint density at radius 2 is 1.79 bits per heavy atom. The van der Waals surface area contributed by atoms with Crippen LogP contribution in [0, 0.1) is 33.5 Å². The van der Waals surface area contributed by atoms with Crippen LogP contribution in [0.4, 0.5) is 18.0 Å². The molecule has 3 spiro atoms. The highest BCUT2D eigenvalue weighted by atomic mass is 19.4. The van der Waals surface area contributed by atoms with Gasteiger partial charge in [-0.25, -0.2) is 4.79 Å². The molecule has 1 heterocycles. The number of carbonyl (C=O) groups excluding carboxylic acids is 2. The fraction of sp³-hybridized carbons (Fsp3) is 0.647. The quantitative estimate of drug-likeness (QED) is 0.297. The molecule has 1 aromatic rings. The Bertz CT molecular complexity index is 1420. The van der Waals surface area contributed by atoms with Gasteiger partial charge in [0.15, 0.2) is 5.78 Å². The van der Waals surface area contributed by atoms with Crippen LogP contribution in [0.15, 0.2) is 48.1 Å². The second kappa shape index (κ2) is 8.73. The van der Waals surface area contributed by atoms with E-state index in [0.717, 1.165) is 44.2 Å². The smallest absolute Gasteiger partial charge is 0.416 e. The van der Waals surface area contributed by atoms with Gasteiger partial charge in [-0.15, -0.1) is 0 Å². The average molecular weight is 584 g/mol. The molecule has 8 rings (SSSR count). The SMILES string of the molecule is CCCN1C[C@@]2(CC[C@H]3[C@]45C=C[C@@]6(C=C4C(=O)c4cccc(C(F)(F)F)c4)C[C@@H](O)CC[C@]6(C)[C@H]5CC[C@@]32C)OC1=O. The summed E-state index contributed by atoms with van der Waals surface area (Å²) in [6, 6.07) is 4.78. The van der Waals surface area contributed by atoms with Crippen LogP contribution in [-0.2, 0) is 10.9 Å². The summed E-state index contributed by atoms with van der Waals surface area (Å²) in [4.78, 5) is 29.4. The number of Topliss-reactive ketones (excluding diaryl/α,β-unsaturated/α-hetero) is 1. The number of ketones is 1. The summed E-state index contributed by atoms with van der Waals surface area (Å²) in [5.74, 6) is -0.287. The first-order valence-electron chi connectivity index (χ1n) is 15.6. The fourth-order valence-corrected chi connectivity index (χ4v) is 10.8. The highest BCUT2D eigenvalue weighted by Crippen LogP contribution is 2.79. The van der Waals surface area contributed by atoms with Crippen molar-refractivity contribution in [3.05, 3.63) is 59.2 Å². The zero-order valence-corrected chi connectivity index (χ0v) is 24.6. The Hall–Kier alpha value is -2.61. The number of halogens is 3. The van der Waals surface area contributed by atoms with Crippen molar-refractivity contribution in [3.63, 3.8) is 0 Å². The Kier molecular flexibility index (Phi) is 5.86. The number of hydrogen-bond donors (Lipinski definition) is 1. The molecule has 0 unspecified atom stereocenters. The predicted octanol–water partition coefficient (Wildman–Crippen LogP) is 7.35. The van der Waals surface area contributed by atoms with E-state index in [4.69, 9.17) is 4.74 Å². The number of ether oxygens (including phenoxy) is 1. The van der Waals surface area contributed by atoms with Gasteiger partial charge in [-0.2, -0.15) is 13.2 Å². The zero-order chi connectivity index (χ0) is 29.9. The molecular weight excluding hydrogens is 543 g/mol. The standard InChI is InChI=1S/C34H40F3NO4/c1-4-16-38-20-32(42-28(38)41)13-10-26-30(32,3)12-9-25-29(2)11-8-23(39)18-31(29)14-15-33(25,26)24(19-31)27(40)21-6-5-7-22(17-21)34(35,36)37/h5-7,14-15,17,19,23,25-26,39H,4,8-13,16,18,20H2,1-3H3/t23-,25+,26+,29+,30-,31-,32+,33+/m0/s1. The Morgan fingerprint density at radius 3 is 2.52 bits per heavy atom. The Labute approximate surface area is 245 Å². The summed E-state index contributed by atoms with van der Waals surface area (Å²) in [7, 11) is 0. The second-order valence-electron chi connectivity index (χ2n) is 14.5. The molecule has 1 amide bonds. The normalized spacial score (nSPS) is 43.6. The van der Waals surface area contributed by atoms with Crippen molar-refractivity contribution < 1.29 is 32.6 Å². The van der Waals surface area contributed by atoms with Crippen molar-refractivity contribution in [1.29, 1.82) is 0 Å². The lowest BCUT2D eigenvalue weighted by atomic mass is 9.32. The van der Waals surface area contributed by atoms with Crippen molar-refractivity contribution in [2.75, 3.05) is 13.1 Å². The van der Waals surface area contributed by atoms with Gasteiger partial charge in [0.1, 0.15) is 5.60 Å². The molecule has 1 saturated heterocycles. The predicted molar refractivity (Wildman–Crippen MR) is 150 cm³/mol. The van der Waals surface area contributed by atoms with Crippen molar-refractivity contribution in [2.45, 2.75) is 90.0 Å². The molecule has 7 aliphatic rings. The summed E-state index contributed by atoms with van der Waals surface area (Å²) >= 11 is 0. The molecule has 0 aromatic heterocycles. The number of carbonyl (C=O) groups is 2. The number of amides is 1. The lowest BCUT2D eigenvalue weighted by Gasteiger charge is -2.71. The van der Waals surface area contributed by atoms with Crippen LogP contribution in [0.5, 0.6) is 0 Å². The molecule has 3 saturated carbocycles. The number of allylic oxidation sites excluding steroid dienone is 4. The molecule has 4 fully saturated rings. The van der Waals surface area contributed by atoms with E-state index >= 15 is 0 Å². The minimum atomic E-state index is -4.56. The van der Waals surface area contributed by atoms with Crippen molar-refractivity contribution in [3.8, 4) is 0 Å². The summed E-state index contributed by atoms with van der Waals surface area (Å²) in [5, 5.41) is 10.8. The first-order valence-corrected chi connectivity index (χ1v) is 15.6. The van der Waals surface area contributed by atoms with E-state index in [1.54, 1.807) is 0 Å². The number of hydrogen-bond acceptors (Lipinski definition) is 4. The monoisotopic (exact) mass is 583 g/mol. The van der Waals surface area contributed by atoms with Gasteiger partial charge in [0.05, 0.1) is 18.2 Å². The molecular formula is C34H40F3NO4. The van der Waals surface area contributed by atoms with E-state index in [2.05, 4.69) is 32.1 Å². The van der Waals surface area contributed by atoms with Crippen LogP contribution >= 0.6 is 0 Å². The highest BCUT2D eigenvalue weighted by molar-refractivity contribution is 6.10. The van der Waals surface area contributed by atoms with Crippen LogP contribution in [0.2, 0.25) is 0 Å². The number of benzene rings is 1. The molecule has 42 heavy (non-hydrogen) atoms. The minimum Gasteiger partial charge on any atom is -0.440 e. The maximum Gasteiger partial charge on any atom is 0.416 e. The first-order chi connectivity index (χ1) is 19.8. The maximum atomic E-state index is 14.5. The summed E-state index contributed by atoms with van der Waals surface area (Å²) in [6.07, 6.45) is 7.15. The summed E-state index contributed by atoms with van der Waals surface area (Å²) < 4.78 is 47.4. The summed E-state index contributed by atoms with van der Waals surface area (Å²) in [5.41, 5.74) is -2.70. The number of fused-ring (bicyclic) bond motifs is 2. The van der Waals surface area contributed by atoms with Gasteiger partial charge < -0.3 is 14.7 Å². The van der Waals surface area contributed by atoms with Crippen LogP contribution in [-0.4, -0.2) is 46.7 Å². The van der Waals surface area contributed by atoms with E-state index in [9.17, 15) is 27.9 Å². The van der Waals surface area contributed by atoms with Gasteiger partial charge in [-0.05, 0) is 80.8 Å². The third-order valence-corrected chi connectivity index (χ3v) is 12.9. The lowest BCUT2D eigenvalue weighted by Crippen LogP contribution is -2.67. The van der Waals surface area contributed by atoms with E-state index in [0.29, 0.717) is 37.9 Å². The number of alkyl halides is 3. The van der Waals surface area contributed by atoms with E-state index < -0.39 is 39.7 Å². The number of aliphatic hydroxyl groups excluding tert-OH is 1. The van der Waals surface area contributed by atoms with Crippen LogP contribution in [0.1, 0.15) is 88.1 Å². The highest BCUT2D eigenvalue weighted by Gasteiger charge is 2.76. The van der Waals surface area contributed by atoms with Gasteiger partial charge in [0.2, 0.25) is 0 Å². The maximum absolute atomic E-state index is 14.5. The molecule has 1 aliphatic heterocycles. The van der Waals surface area contributed by atoms with Crippen LogP contribution in [0.25, 0.3) is 0 Å². The number of nitrogens with zero attached hydrogens (tertiary/aromatic N) is 1. The molecule has 6 aliphatic carbocycles. The molecule has 5 nitrogen and oxygen atoms in total. The molecule has 1 N–H and O–H groups in total. The molecule has 0 radical (unpaired) electrons. The lowest BCUT2D eigenvalue weighted by molar-refractivity contribution is -0.164. The Morgan fingerprint density at radius 1 is 1.07 bits per heavy atom. The third-order valence-electron chi connectivity index (χ3n) is 12.9. The second-order valence-corrected chi connectivity index (χ2v) is 14.5. The molecule has 8 atom stereocenters. The van der Waals surface area contributed by atoms with Crippen LogP contribution < -0.4 is 0 Å². The van der Waals surface area contributed by atoms with Gasteiger partial charge in [0, 0.05) is 33.9 Å². The van der Waals surface area contributed by atoms with E-state index in [1.807, 2.05) is 11.8 Å². The topological polar surface area (TPSA) is 66.8 Å². The van der Waals surface area contributed by atoms with Gasteiger partial charge in [-0.1, -0.05) is 51.1 Å². The van der Waals surface area contributed by atoms with Gasteiger partial charge in [-0.3, -0.25) is 4.79 Å². The first kappa shape index (κ1) is 28.2. The third kappa shape index (κ3) is 3.36. The van der Waals surface area contributed by atoms with Crippen LogP contribution in [0.3, 0.4) is 0 Å². The van der Waals surface area contributed by atoms with Gasteiger partial charge >= 0.3 is 12.3 Å².